The van der Waals surface area contributed by atoms with Crippen molar-refractivity contribution >= 4 is 88.8 Å². The quantitative estimate of drug-likeness (QED) is 0.0181. The van der Waals surface area contributed by atoms with Gasteiger partial charge in [-0.25, -0.2) is 19.8 Å². The van der Waals surface area contributed by atoms with Crippen LogP contribution in [0.2, 0.25) is 0 Å². The molecule has 2 aromatic rings. The summed E-state index contributed by atoms with van der Waals surface area (Å²) in [5, 5.41) is 29.2. The number of nitrogens with zero attached hydrogens (tertiary/aromatic N) is 3. The van der Waals surface area contributed by atoms with Gasteiger partial charge in [0.15, 0.2) is 4.87 Å². The van der Waals surface area contributed by atoms with Gasteiger partial charge in [-0.1, -0.05) is 106 Å². The van der Waals surface area contributed by atoms with Crippen molar-refractivity contribution in [1.29, 1.82) is 0 Å². The van der Waals surface area contributed by atoms with Crippen LogP contribution in [0.4, 0.5) is 20.1 Å². The van der Waals surface area contributed by atoms with Crippen molar-refractivity contribution in [1.82, 2.24) is 57.5 Å². The number of amides is 13. The number of ether oxygens (including phenoxy) is 6. The third-order valence-electron chi connectivity index (χ3n) is 19.6. The molecular formula is C78H124N14O19S. The van der Waals surface area contributed by atoms with E-state index in [4.69, 9.17) is 39.9 Å². The van der Waals surface area contributed by atoms with Crippen molar-refractivity contribution < 1.29 is 91.1 Å². The maximum absolute atomic E-state index is 14.9. The lowest BCUT2D eigenvalue weighted by atomic mass is 9.90. The molecule has 13 amide bonds. The fourth-order valence-electron chi connectivity index (χ4n) is 13.0. The largest absolute Gasteiger partial charge is 0.508 e. The molecule has 4 unspecified atom stereocenters. The van der Waals surface area contributed by atoms with Gasteiger partial charge in [0.05, 0.1) is 57.0 Å². The third kappa shape index (κ3) is 32.8. The Morgan fingerprint density at radius 2 is 1.33 bits per heavy atom. The number of carbonyl (C=O) groups excluding carboxylic acids is 12. The number of phenolic OH excluding ortho intramolecular Hbond substituents is 1. The lowest BCUT2D eigenvalue weighted by Gasteiger charge is -2.40. The molecule has 0 aromatic heterocycles. The number of phenols is 1. The highest BCUT2D eigenvalue weighted by molar-refractivity contribution is 8.09. The number of thioether (sulfide) groups is 1. The van der Waals surface area contributed by atoms with Gasteiger partial charge in [-0.2, -0.15) is 0 Å². The van der Waals surface area contributed by atoms with Gasteiger partial charge in [0.25, 0.3) is 17.7 Å². The molecule has 0 saturated carbocycles. The Labute approximate surface area is 662 Å². The SMILES string of the molecule is CCCOC(CC(C(C)C)N(CCC)C(=O)[C@@H](NC(=O)[C@H]1CCCCN1C)[C@@H](C)CC)[C@H]1SC1(N)C(=O)NC(Cc1ccc(O)cc1)C[C@H](C)C(=O)NNC(=O)OCCOCCOCCOCCNC(=O)OCc1ccc(NC(=O)[C@H](CCCNC(N)=O)NC(=O)[C@@H](NC(=O)CCCCCN2C(=O)C=CC2=O)C(C)C)cc1. The van der Waals surface area contributed by atoms with E-state index in [1.54, 1.807) is 57.2 Å². The Morgan fingerprint density at radius 1 is 0.670 bits per heavy atom. The second-order valence-corrected chi connectivity index (χ2v) is 30.8. The number of likely N-dealkylation sites (N-methyl/N-ethyl adjacent to an activating group) is 1. The first-order chi connectivity index (χ1) is 53.5. The first kappa shape index (κ1) is 93.9. The van der Waals surface area contributed by atoms with Gasteiger partial charge in [-0.15, -0.1) is 11.8 Å². The van der Waals surface area contributed by atoms with Crippen molar-refractivity contribution in [2.75, 3.05) is 97.9 Å². The fourth-order valence-corrected chi connectivity index (χ4v) is 14.1. The molecular weight excluding hydrogens is 1470 g/mol. The van der Waals surface area contributed by atoms with Crippen molar-refractivity contribution in [2.24, 2.45) is 35.1 Å². The van der Waals surface area contributed by atoms with E-state index in [0.29, 0.717) is 69.3 Å². The number of alkyl carbamates (subject to hydrolysis) is 1. The topological polar surface area (TPSA) is 450 Å². The van der Waals surface area contributed by atoms with Gasteiger partial charge in [0.2, 0.25) is 35.4 Å². The number of rotatable bonds is 52. The second kappa shape index (κ2) is 49.7. The van der Waals surface area contributed by atoms with Crippen molar-refractivity contribution in [3.63, 3.8) is 0 Å². The molecule has 5 rings (SSSR count). The molecule has 14 N–H and O–H groups in total. The number of anilines is 1. The molecule has 34 heteroatoms. The zero-order chi connectivity index (χ0) is 82.3. The summed E-state index contributed by atoms with van der Waals surface area (Å²) in [5.41, 5.74) is 18.6. The summed E-state index contributed by atoms with van der Waals surface area (Å²) in [5.74, 6) is -4.74. The lowest BCUT2D eigenvalue weighted by molar-refractivity contribution is -0.143. The van der Waals surface area contributed by atoms with Crippen LogP contribution >= 0.6 is 11.8 Å². The van der Waals surface area contributed by atoms with E-state index >= 15 is 0 Å². The van der Waals surface area contributed by atoms with E-state index in [9.17, 15) is 62.6 Å². The predicted octanol–water partition coefficient (Wildman–Crippen LogP) is 4.91. The second-order valence-electron chi connectivity index (χ2n) is 29.4. The molecule has 33 nitrogen and oxygen atoms in total. The number of piperidine rings is 1. The van der Waals surface area contributed by atoms with Crippen molar-refractivity contribution in [3.8, 4) is 5.75 Å². The van der Waals surface area contributed by atoms with Gasteiger partial charge < -0.3 is 87.1 Å². The molecule has 0 bridgehead atoms. The van der Waals surface area contributed by atoms with Crippen LogP contribution < -0.4 is 59.5 Å². The lowest BCUT2D eigenvalue weighted by Crippen LogP contribution is -2.59. The smallest absolute Gasteiger partial charge is 0.426 e. The first-order valence-corrected chi connectivity index (χ1v) is 40.3. The maximum Gasteiger partial charge on any atom is 0.426 e. The van der Waals surface area contributed by atoms with Crippen LogP contribution in [0.1, 0.15) is 163 Å². The number of aromatic hydroxyl groups is 1. The summed E-state index contributed by atoms with van der Waals surface area (Å²) in [7, 11) is 1.95. The Hall–Kier alpha value is -8.67. The van der Waals surface area contributed by atoms with E-state index in [-0.39, 0.29) is 170 Å². The molecule has 2 aromatic carbocycles. The van der Waals surface area contributed by atoms with E-state index in [1.165, 1.54) is 36.0 Å². The van der Waals surface area contributed by atoms with Gasteiger partial charge >= 0.3 is 18.2 Å². The number of unbranched alkanes of at least 4 members (excludes halogenated alkanes) is 2. The summed E-state index contributed by atoms with van der Waals surface area (Å²) in [6, 6.07) is 8.20. The maximum atomic E-state index is 14.9. The average molecular weight is 1590 g/mol. The van der Waals surface area contributed by atoms with Crippen LogP contribution in [0.5, 0.6) is 5.75 Å². The minimum atomic E-state index is -1.41. The van der Waals surface area contributed by atoms with Crippen LogP contribution in [0.15, 0.2) is 60.7 Å². The predicted molar refractivity (Wildman–Crippen MR) is 421 cm³/mol. The molecule has 3 aliphatic rings. The number of hydrogen-bond acceptors (Lipinski definition) is 22. The number of benzene rings is 2. The molecule has 626 valence electrons. The molecule has 2 fully saturated rings. The molecule has 11 atom stereocenters. The molecule has 0 spiro atoms. The van der Waals surface area contributed by atoms with E-state index < -0.39 is 88.2 Å². The minimum absolute atomic E-state index is 0.0241. The zero-order valence-corrected chi connectivity index (χ0v) is 67.7. The Kier molecular flexibility index (Phi) is 41.7. The van der Waals surface area contributed by atoms with E-state index in [1.807, 2.05) is 39.6 Å². The molecule has 112 heavy (non-hydrogen) atoms. The average Bonchev–Trinajstić information content (AvgIpc) is 1.58. The standard InChI is InChI=1S/C78H124N14O19S/c1-11-35-91(73(101)67(52(8)13-3)87-71(99)60-21-16-18-36-90(60)10)61(50(4)5)48-62(109-38-12-2)68-78(80,112-68)74(102)84-57(47-54-25-29-58(93)30-26-54)46-53(9)69(97)88-89-77(105)110-45-44-108-43-42-107-41-40-106-39-34-82-76(104)111-49-55-23-27-56(28-24-55)83-70(98)59(20-19-33-81-75(79)103)85-72(100)66(51(6)7)86-63(94)22-15-14-17-37-92-64(95)31-32-65(92)96/h23-32,50-53,57,59-62,66-68,93H,11-22,33-49,80H2,1-10H3,(H,82,104)(H,83,98)(H,84,102)(H,85,100)(H,86,94)(H,87,99)(H,88,97)(H,89,105)(H3,79,81,103)/t52-,53-,57?,59-,60+,61?,62?,66-,67-,68+,78?/m0/s1. The Bertz CT molecular complexity index is 3360. The summed E-state index contributed by atoms with van der Waals surface area (Å²) < 4.78 is 33.6. The molecule has 3 heterocycles. The van der Waals surface area contributed by atoms with Gasteiger partial charge in [0, 0.05) is 75.0 Å². The molecule has 0 aliphatic carbocycles. The molecule has 3 aliphatic heterocycles. The molecule has 2 saturated heterocycles. The number of hydrogen-bond donors (Lipinski definition) is 12. The monoisotopic (exact) mass is 1590 g/mol. The van der Waals surface area contributed by atoms with Crippen molar-refractivity contribution in [2.45, 2.75) is 218 Å². The highest BCUT2D eigenvalue weighted by Crippen LogP contribution is 2.53. The highest BCUT2D eigenvalue weighted by atomic mass is 32.2. The first-order valence-electron chi connectivity index (χ1n) is 39.4. The van der Waals surface area contributed by atoms with Crippen LogP contribution in [0.25, 0.3) is 0 Å². The summed E-state index contributed by atoms with van der Waals surface area (Å²) in [6.45, 7) is 20.3. The highest BCUT2D eigenvalue weighted by Gasteiger charge is 2.63. The zero-order valence-electron chi connectivity index (χ0n) is 66.9. The third-order valence-corrected chi connectivity index (χ3v) is 21.2. The van der Waals surface area contributed by atoms with E-state index in [2.05, 4.69) is 66.8 Å². The van der Waals surface area contributed by atoms with Gasteiger partial charge in [-0.05, 0) is 137 Å². The van der Waals surface area contributed by atoms with E-state index in [0.717, 1.165) is 36.3 Å². The number of nitrogens with two attached hydrogens (primary N) is 2. The normalized spacial score (nSPS) is 18.2. The van der Waals surface area contributed by atoms with Crippen LogP contribution in [0.3, 0.4) is 0 Å². The summed E-state index contributed by atoms with van der Waals surface area (Å²) >= 11 is 1.29. The number of hydrazine groups is 1. The Balaban J connectivity index is 0.965. The van der Waals surface area contributed by atoms with Gasteiger partial charge in [0.1, 0.15) is 37.1 Å². The van der Waals surface area contributed by atoms with Gasteiger partial charge in [-0.3, -0.25) is 58.4 Å². The summed E-state index contributed by atoms with van der Waals surface area (Å²) in [4.78, 5) is 160. The Morgan fingerprint density at radius 3 is 1.96 bits per heavy atom. The number of nitrogens with one attached hydrogen (secondary N) is 9. The fraction of sp³-hybridized carbons (Fsp3) is 0.667. The minimum Gasteiger partial charge on any atom is -0.508 e. The van der Waals surface area contributed by atoms with Crippen LogP contribution in [-0.4, -0.2) is 236 Å². The number of likely N-dealkylation sites (tertiary alicyclic amines) is 1. The number of imide groups is 1. The van der Waals surface area contributed by atoms with Crippen LogP contribution in [-0.2, 0) is 84.6 Å². The number of primary amides is 1. The molecule has 0 radical (unpaired) electrons. The summed E-state index contributed by atoms with van der Waals surface area (Å²) in [6.07, 6.45) is 7.87. The number of urea groups is 1. The van der Waals surface area contributed by atoms with Crippen molar-refractivity contribution in [3.05, 3.63) is 71.8 Å². The number of carbonyl (C=O) groups is 12. The van der Waals surface area contributed by atoms with Crippen LogP contribution in [0, 0.1) is 23.7 Å².